The Kier molecular flexibility index (Phi) is 22.1. The van der Waals surface area contributed by atoms with E-state index < -0.39 is 11.9 Å². The van der Waals surface area contributed by atoms with Gasteiger partial charge in [0.15, 0.2) is 0 Å². The van der Waals surface area contributed by atoms with Crippen molar-refractivity contribution in [2.75, 3.05) is 40.0 Å². The molecule has 0 saturated heterocycles. The van der Waals surface area contributed by atoms with E-state index in [0.717, 1.165) is 0 Å². The average Bonchev–Trinajstić information content (AvgIpc) is 2.56. The molecule has 2 rings (SSSR count). The summed E-state index contributed by atoms with van der Waals surface area (Å²) in [5, 5.41) is 20.1. The molecule has 0 atom stereocenters. The standard InChI is InChI=1S/2C6H5NO2.2C3H9P.Pt/c2*8-6(9)5-1-3-7-4-2-5;2*1-4(2)3;/h2*1-4H,(H,8,9);2*1-3H3;/q;;;;+2/p-2. The zero-order valence-corrected chi connectivity index (χ0v) is 20.4. The normalized spacial score (nSPS) is 8.59. The number of carbonyl (C=O) groups is 2. The van der Waals surface area contributed by atoms with Crippen LogP contribution in [-0.4, -0.2) is 61.9 Å². The first-order chi connectivity index (χ1) is 12.1. The van der Waals surface area contributed by atoms with Gasteiger partial charge in [-0.15, -0.1) is 15.8 Å². The number of carbonyl (C=O) groups excluding carboxylic acids is 2. The smallest absolute Gasteiger partial charge is 0.545 e. The zero-order valence-electron chi connectivity index (χ0n) is 16.4. The van der Waals surface area contributed by atoms with Gasteiger partial charge in [-0.2, -0.15) is 0 Å². The van der Waals surface area contributed by atoms with Gasteiger partial charge >= 0.3 is 21.1 Å². The third-order valence-electron chi connectivity index (χ3n) is 1.83. The molecule has 9 heteroatoms. The summed E-state index contributed by atoms with van der Waals surface area (Å²) in [6.45, 7) is 13.4. The van der Waals surface area contributed by atoms with Crippen LogP contribution in [0.3, 0.4) is 0 Å². The van der Waals surface area contributed by atoms with Crippen LogP contribution < -0.4 is 10.2 Å². The van der Waals surface area contributed by atoms with Crippen molar-refractivity contribution in [2.24, 2.45) is 0 Å². The molecule has 0 N–H and O–H groups in total. The molecule has 6 nitrogen and oxygen atoms in total. The molecular weight excluding hydrogens is 565 g/mol. The van der Waals surface area contributed by atoms with Gasteiger partial charge in [-0.05, 0) is 64.3 Å². The molecule has 0 amide bonds. The summed E-state index contributed by atoms with van der Waals surface area (Å²) in [5.41, 5.74) is 0.315. The topological polar surface area (TPSA) is 106 Å². The number of pyridine rings is 2. The molecule has 0 aliphatic carbocycles. The summed E-state index contributed by atoms with van der Waals surface area (Å²) in [6.07, 6.45) is 5.63. The molecule has 0 aromatic carbocycles. The van der Waals surface area contributed by atoms with Crippen molar-refractivity contribution in [3.8, 4) is 0 Å². The number of carboxylic acids is 2. The van der Waals surface area contributed by atoms with Gasteiger partial charge in [-0.25, -0.2) is 0 Å². The molecule has 152 valence electrons. The molecule has 27 heavy (non-hydrogen) atoms. The van der Waals surface area contributed by atoms with Crippen LogP contribution in [-0.2, 0) is 21.1 Å². The number of aromatic carboxylic acids is 2. The number of rotatable bonds is 2. The van der Waals surface area contributed by atoms with Gasteiger partial charge in [-0.1, -0.05) is 0 Å². The molecular formula is C18H26N2O4P2Pt. The van der Waals surface area contributed by atoms with Gasteiger partial charge in [0.25, 0.3) is 0 Å². The zero-order chi connectivity index (χ0) is 20.5. The van der Waals surface area contributed by atoms with Crippen LogP contribution in [0.4, 0.5) is 0 Å². The van der Waals surface area contributed by atoms with E-state index in [1.54, 1.807) is 0 Å². The fourth-order valence-corrected chi connectivity index (χ4v) is 0.976. The predicted octanol–water partition coefficient (Wildman–Crippen LogP) is 1.60. The Morgan fingerprint density at radius 3 is 0.963 bits per heavy atom. The molecule has 0 spiro atoms. The summed E-state index contributed by atoms with van der Waals surface area (Å²) in [7, 11) is 0.759. The minimum Gasteiger partial charge on any atom is -0.545 e. The van der Waals surface area contributed by atoms with Crippen molar-refractivity contribution >= 4 is 27.8 Å². The van der Waals surface area contributed by atoms with Crippen LogP contribution in [0.25, 0.3) is 0 Å². The van der Waals surface area contributed by atoms with E-state index in [9.17, 15) is 19.8 Å². The Balaban J connectivity index is -0.000000303. The molecule has 0 aliphatic heterocycles. The van der Waals surface area contributed by atoms with Gasteiger partial charge < -0.3 is 19.8 Å². The van der Waals surface area contributed by atoms with Crippen molar-refractivity contribution in [1.82, 2.24) is 9.97 Å². The van der Waals surface area contributed by atoms with Gasteiger partial charge in [0.05, 0.1) is 11.9 Å². The van der Waals surface area contributed by atoms with E-state index in [1.807, 2.05) is 0 Å². The molecule has 2 aromatic rings. The second-order valence-electron chi connectivity index (χ2n) is 5.73. The molecule has 0 saturated carbocycles. The van der Waals surface area contributed by atoms with Crippen LogP contribution in [0.1, 0.15) is 20.7 Å². The van der Waals surface area contributed by atoms with Crippen molar-refractivity contribution in [1.29, 1.82) is 0 Å². The second kappa shape index (κ2) is 19.5. The maximum atomic E-state index is 10.1. The van der Waals surface area contributed by atoms with Crippen molar-refractivity contribution < 1.29 is 40.9 Å². The SMILES string of the molecule is CP(C)C.CP(C)C.O=C([O-])c1ccncc1.O=C([O-])c1ccncc1.[Pt+2]. The molecule has 0 fully saturated rings. The van der Waals surface area contributed by atoms with Gasteiger partial charge in [-0.3, -0.25) is 9.97 Å². The maximum Gasteiger partial charge on any atom is 2.00 e. The minimum atomic E-state index is -1.17. The van der Waals surface area contributed by atoms with Crippen LogP contribution in [0, 0.1) is 0 Å². The van der Waals surface area contributed by atoms with Crippen molar-refractivity contribution in [2.45, 2.75) is 0 Å². The van der Waals surface area contributed by atoms with E-state index in [4.69, 9.17) is 0 Å². The van der Waals surface area contributed by atoms with Crippen molar-refractivity contribution in [3.05, 3.63) is 60.2 Å². The van der Waals surface area contributed by atoms with Crippen LogP contribution in [0.5, 0.6) is 0 Å². The van der Waals surface area contributed by atoms with Gasteiger partial charge in [0.2, 0.25) is 0 Å². The minimum absolute atomic E-state index is 0. The largest absolute Gasteiger partial charge is 2.00 e. The summed E-state index contributed by atoms with van der Waals surface area (Å²) in [5.74, 6) is -2.34. The summed E-state index contributed by atoms with van der Waals surface area (Å²) >= 11 is 0. The molecule has 0 unspecified atom stereocenters. The van der Waals surface area contributed by atoms with Crippen LogP contribution in [0.2, 0.25) is 0 Å². The first kappa shape index (κ1) is 30.5. The number of nitrogens with zero attached hydrogens (tertiary/aromatic N) is 2. The summed E-state index contributed by atoms with van der Waals surface area (Å²) < 4.78 is 0. The average molecular weight is 591 g/mol. The molecule has 2 heterocycles. The number of hydrogen-bond acceptors (Lipinski definition) is 6. The summed E-state index contributed by atoms with van der Waals surface area (Å²) in [6, 6.07) is 5.54. The molecule has 2 aromatic heterocycles. The van der Waals surface area contributed by atoms with Gasteiger partial charge in [0.1, 0.15) is 0 Å². The fourth-order valence-electron chi connectivity index (χ4n) is 0.976. The molecule has 0 bridgehead atoms. The number of carboxylic acid groups (broad SMARTS) is 2. The third-order valence-corrected chi connectivity index (χ3v) is 1.83. The second-order valence-corrected chi connectivity index (χ2v) is 11.1. The predicted molar refractivity (Wildman–Crippen MR) is 107 cm³/mol. The first-order valence-electron chi connectivity index (χ1n) is 7.52. The van der Waals surface area contributed by atoms with Crippen molar-refractivity contribution in [3.63, 3.8) is 0 Å². The third kappa shape index (κ3) is 24.8. The molecule has 0 aliphatic rings. The van der Waals surface area contributed by atoms with E-state index in [-0.39, 0.29) is 32.2 Å². The first-order valence-corrected chi connectivity index (χ1v) is 12.9. The monoisotopic (exact) mass is 591 g/mol. The quantitative estimate of drug-likeness (QED) is 0.492. The molecule has 0 radical (unpaired) electrons. The Bertz CT molecular complexity index is 554. The van der Waals surface area contributed by atoms with E-state index >= 15 is 0 Å². The van der Waals surface area contributed by atoms with E-state index in [2.05, 4.69) is 50.0 Å². The number of hydrogen-bond donors (Lipinski definition) is 0. The van der Waals surface area contributed by atoms with Gasteiger partial charge in [0, 0.05) is 35.9 Å². The Hall–Kier alpha value is -1.21. The fraction of sp³-hybridized carbons (Fsp3) is 0.333. The van der Waals surface area contributed by atoms with E-state index in [1.165, 1.54) is 49.1 Å². The Labute approximate surface area is 178 Å². The van der Waals surface area contributed by atoms with E-state index in [0.29, 0.717) is 15.8 Å². The van der Waals surface area contributed by atoms with Crippen LogP contribution in [0.15, 0.2) is 49.1 Å². The number of aromatic nitrogens is 2. The Morgan fingerprint density at radius 2 is 0.852 bits per heavy atom. The van der Waals surface area contributed by atoms with Crippen LogP contribution >= 0.6 is 15.8 Å². The Morgan fingerprint density at radius 1 is 0.667 bits per heavy atom. The summed E-state index contributed by atoms with van der Waals surface area (Å²) in [4.78, 5) is 27.4. The maximum absolute atomic E-state index is 10.1.